The van der Waals surface area contributed by atoms with E-state index in [1.165, 1.54) is 0 Å². The Kier molecular flexibility index (Phi) is 4.22. The zero-order valence-electron chi connectivity index (χ0n) is 11.1. The Morgan fingerprint density at radius 2 is 2.28 bits per heavy atom. The first-order valence-electron chi connectivity index (χ1n) is 6.81. The molecule has 2 heterocycles. The SMILES string of the molecule is CCC(C)C1NC(=O)CN(CC2CCCO2)C1=O. The predicted octanol–water partition coefficient (Wildman–Crippen LogP) is 0.538. The van der Waals surface area contributed by atoms with Gasteiger partial charge in [-0.25, -0.2) is 0 Å². The van der Waals surface area contributed by atoms with E-state index >= 15 is 0 Å². The van der Waals surface area contributed by atoms with Crippen LogP contribution in [0.15, 0.2) is 0 Å². The second-order valence-corrected chi connectivity index (χ2v) is 5.28. The molecular weight excluding hydrogens is 232 g/mol. The first kappa shape index (κ1) is 13.3. The van der Waals surface area contributed by atoms with Crippen LogP contribution in [0.1, 0.15) is 33.1 Å². The minimum absolute atomic E-state index is 0.0412. The van der Waals surface area contributed by atoms with Gasteiger partial charge in [0.2, 0.25) is 11.8 Å². The highest BCUT2D eigenvalue weighted by Crippen LogP contribution is 2.18. The third-order valence-corrected chi connectivity index (χ3v) is 3.89. The molecule has 0 aromatic heterocycles. The van der Waals surface area contributed by atoms with Crippen molar-refractivity contribution >= 4 is 11.8 Å². The third-order valence-electron chi connectivity index (χ3n) is 3.89. The molecule has 2 saturated heterocycles. The van der Waals surface area contributed by atoms with Crippen LogP contribution in [0.5, 0.6) is 0 Å². The number of nitrogens with one attached hydrogen (secondary N) is 1. The van der Waals surface area contributed by atoms with Crippen molar-refractivity contribution in [2.45, 2.75) is 45.3 Å². The summed E-state index contributed by atoms with van der Waals surface area (Å²) < 4.78 is 5.54. The molecule has 0 radical (unpaired) electrons. The van der Waals surface area contributed by atoms with Gasteiger partial charge in [0.05, 0.1) is 12.6 Å². The summed E-state index contributed by atoms with van der Waals surface area (Å²) in [5, 5.41) is 2.80. The molecule has 2 fully saturated rings. The van der Waals surface area contributed by atoms with E-state index in [0.717, 1.165) is 25.9 Å². The lowest BCUT2D eigenvalue weighted by Gasteiger charge is -2.36. The molecule has 102 valence electrons. The second-order valence-electron chi connectivity index (χ2n) is 5.28. The first-order chi connectivity index (χ1) is 8.61. The second kappa shape index (κ2) is 5.69. The van der Waals surface area contributed by atoms with Gasteiger partial charge in [-0.15, -0.1) is 0 Å². The standard InChI is InChI=1S/C13H22N2O3/c1-3-9(2)12-13(17)15(8-11(16)14-12)7-10-5-4-6-18-10/h9-10,12H,3-8H2,1-2H3,(H,14,16). The molecule has 0 aliphatic carbocycles. The molecule has 0 aromatic carbocycles. The number of hydrogen-bond acceptors (Lipinski definition) is 3. The summed E-state index contributed by atoms with van der Waals surface area (Å²) in [6.45, 7) is 5.53. The zero-order chi connectivity index (χ0) is 13.1. The Morgan fingerprint density at radius 1 is 1.50 bits per heavy atom. The third kappa shape index (κ3) is 2.83. The average Bonchev–Trinajstić information content (AvgIpc) is 2.85. The van der Waals surface area contributed by atoms with Crippen LogP contribution in [0.25, 0.3) is 0 Å². The lowest BCUT2D eigenvalue weighted by Crippen LogP contribution is -2.61. The molecule has 2 amide bonds. The van der Waals surface area contributed by atoms with E-state index in [1.54, 1.807) is 4.90 Å². The number of carbonyl (C=O) groups excluding carboxylic acids is 2. The Bertz CT molecular complexity index is 326. The van der Waals surface area contributed by atoms with E-state index in [9.17, 15) is 9.59 Å². The van der Waals surface area contributed by atoms with Crippen molar-refractivity contribution in [3.05, 3.63) is 0 Å². The molecule has 5 nitrogen and oxygen atoms in total. The molecular formula is C13H22N2O3. The quantitative estimate of drug-likeness (QED) is 0.796. The average molecular weight is 254 g/mol. The van der Waals surface area contributed by atoms with E-state index < -0.39 is 0 Å². The van der Waals surface area contributed by atoms with E-state index in [2.05, 4.69) is 5.32 Å². The largest absolute Gasteiger partial charge is 0.376 e. The summed E-state index contributed by atoms with van der Waals surface area (Å²) in [6, 6.07) is -0.363. The van der Waals surface area contributed by atoms with Gasteiger partial charge in [-0.2, -0.15) is 0 Å². The summed E-state index contributed by atoms with van der Waals surface area (Å²) in [5.74, 6) is 0.158. The predicted molar refractivity (Wildman–Crippen MR) is 66.9 cm³/mol. The molecule has 2 aliphatic heterocycles. The molecule has 1 N–H and O–H groups in total. The minimum Gasteiger partial charge on any atom is -0.376 e. The van der Waals surface area contributed by atoms with Crippen LogP contribution in [0.4, 0.5) is 0 Å². The van der Waals surface area contributed by atoms with Crippen molar-refractivity contribution < 1.29 is 14.3 Å². The van der Waals surface area contributed by atoms with Gasteiger partial charge in [-0.3, -0.25) is 9.59 Å². The van der Waals surface area contributed by atoms with Crippen molar-refractivity contribution in [1.29, 1.82) is 0 Å². The number of nitrogens with zero attached hydrogens (tertiary/aromatic N) is 1. The molecule has 0 saturated carbocycles. The molecule has 3 unspecified atom stereocenters. The van der Waals surface area contributed by atoms with Crippen LogP contribution in [-0.4, -0.2) is 48.6 Å². The number of amides is 2. The van der Waals surface area contributed by atoms with Gasteiger partial charge in [-0.05, 0) is 18.8 Å². The van der Waals surface area contributed by atoms with Crippen LogP contribution in [0.3, 0.4) is 0 Å². The summed E-state index contributed by atoms with van der Waals surface area (Å²) in [5.41, 5.74) is 0. The Hall–Kier alpha value is -1.10. The number of carbonyl (C=O) groups is 2. The van der Waals surface area contributed by atoms with Crippen LogP contribution in [0.2, 0.25) is 0 Å². The number of rotatable bonds is 4. The monoisotopic (exact) mass is 254 g/mol. The van der Waals surface area contributed by atoms with Gasteiger partial charge in [0, 0.05) is 13.2 Å². The maximum atomic E-state index is 12.3. The summed E-state index contributed by atoms with van der Waals surface area (Å²) in [6.07, 6.45) is 3.02. The summed E-state index contributed by atoms with van der Waals surface area (Å²) in [4.78, 5) is 25.7. The van der Waals surface area contributed by atoms with Crippen molar-refractivity contribution in [3.8, 4) is 0 Å². The fraction of sp³-hybridized carbons (Fsp3) is 0.846. The molecule has 2 rings (SSSR count). The molecule has 18 heavy (non-hydrogen) atoms. The molecule has 0 spiro atoms. The van der Waals surface area contributed by atoms with Crippen LogP contribution in [0, 0.1) is 5.92 Å². The van der Waals surface area contributed by atoms with Gasteiger partial charge in [0.15, 0.2) is 0 Å². The van der Waals surface area contributed by atoms with Gasteiger partial charge >= 0.3 is 0 Å². The van der Waals surface area contributed by atoms with E-state index in [4.69, 9.17) is 4.74 Å². The topological polar surface area (TPSA) is 58.6 Å². The molecule has 5 heteroatoms. The number of ether oxygens (including phenoxy) is 1. The van der Waals surface area contributed by atoms with E-state index in [0.29, 0.717) is 6.54 Å². The minimum atomic E-state index is -0.363. The van der Waals surface area contributed by atoms with Gasteiger partial charge < -0.3 is 15.0 Å². The van der Waals surface area contributed by atoms with Crippen LogP contribution in [-0.2, 0) is 14.3 Å². The fourth-order valence-corrected chi connectivity index (χ4v) is 2.54. The fourth-order valence-electron chi connectivity index (χ4n) is 2.54. The Balaban J connectivity index is 2.00. The molecule has 0 aromatic rings. The van der Waals surface area contributed by atoms with Crippen molar-refractivity contribution in [2.24, 2.45) is 5.92 Å². The van der Waals surface area contributed by atoms with Gasteiger partial charge in [-0.1, -0.05) is 20.3 Å². The summed E-state index contributed by atoms with van der Waals surface area (Å²) in [7, 11) is 0. The highest BCUT2D eigenvalue weighted by atomic mass is 16.5. The molecule has 2 aliphatic rings. The normalized spacial score (nSPS) is 30.4. The Morgan fingerprint density at radius 3 is 2.89 bits per heavy atom. The van der Waals surface area contributed by atoms with Gasteiger partial charge in [0.1, 0.15) is 6.04 Å². The Labute approximate surface area is 108 Å². The molecule has 3 atom stereocenters. The smallest absolute Gasteiger partial charge is 0.245 e. The summed E-state index contributed by atoms with van der Waals surface area (Å²) >= 11 is 0. The maximum absolute atomic E-state index is 12.3. The van der Waals surface area contributed by atoms with Crippen molar-refractivity contribution in [1.82, 2.24) is 10.2 Å². The zero-order valence-corrected chi connectivity index (χ0v) is 11.1. The lowest BCUT2D eigenvalue weighted by molar-refractivity contribution is -0.147. The highest BCUT2D eigenvalue weighted by Gasteiger charge is 2.36. The van der Waals surface area contributed by atoms with Crippen molar-refractivity contribution in [2.75, 3.05) is 19.7 Å². The van der Waals surface area contributed by atoms with Crippen molar-refractivity contribution in [3.63, 3.8) is 0 Å². The van der Waals surface area contributed by atoms with E-state index in [1.807, 2.05) is 13.8 Å². The van der Waals surface area contributed by atoms with Gasteiger partial charge in [0.25, 0.3) is 0 Å². The number of piperazine rings is 1. The van der Waals surface area contributed by atoms with Crippen LogP contribution >= 0.6 is 0 Å². The molecule has 0 bridgehead atoms. The number of hydrogen-bond donors (Lipinski definition) is 1. The highest BCUT2D eigenvalue weighted by molar-refractivity contribution is 5.95. The van der Waals surface area contributed by atoms with Crippen LogP contribution < -0.4 is 5.32 Å². The van der Waals surface area contributed by atoms with E-state index in [-0.39, 0.29) is 36.4 Å². The maximum Gasteiger partial charge on any atom is 0.245 e. The lowest BCUT2D eigenvalue weighted by atomic mass is 9.96. The first-order valence-corrected chi connectivity index (χ1v) is 6.81.